The Morgan fingerprint density at radius 1 is 1.32 bits per heavy atom. The third-order valence-electron chi connectivity index (χ3n) is 7.96. The van der Waals surface area contributed by atoms with Crippen LogP contribution < -0.4 is 4.90 Å². The summed E-state index contributed by atoms with van der Waals surface area (Å²) in [4.78, 5) is 44.6. The Morgan fingerprint density at radius 3 is 2.70 bits per heavy atom. The van der Waals surface area contributed by atoms with Crippen LogP contribution in [0.1, 0.15) is 39.5 Å². The first-order chi connectivity index (χ1) is 17.7. The van der Waals surface area contributed by atoms with E-state index in [4.69, 9.17) is 21.1 Å². The number of benzene rings is 1. The van der Waals surface area contributed by atoms with E-state index in [1.807, 2.05) is 6.92 Å². The molecular weight excluding hydrogens is 496 g/mol. The summed E-state index contributed by atoms with van der Waals surface area (Å²) in [6.45, 7) is 11.0. The van der Waals surface area contributed by atoms with Crippen molar-refractivity contribution in [2.45, 2.75) is 62.8 Å². The molecule has 2 amide bonds. The number of halogens is 1. The third kappa shape index (κ3) is 4.39. The lowest BCUT2D eigenvalue weighted by molar-refractivity contribution is -0.160. The molecule has 6 atom stereocenters. The minimum Gasteiger partial charge on any atom is -0.465 e. The lowest BCUT2D eigenvalue weighted by Crippen LogP contribution is -2.58. The molecule has 2 bridgehead atoms. The molecule has 0 radical (unpaired) electrons. The number of esters is 1. The Morgan fingerprint density at radius 2 is 2.05 bits per heavy atom. The maximum atomic E-state index is 14.4. The average molecular weight is 531 g/mol. The number of amides is 2. The van der Waals surface area contributed by atoms with Crippen LogP contribution in [0.4, 0.5) is 5.69 Å². The zero-order chi connectivity index (χ0) is 27.0. The van der Waals surface area contributed by atoms with Gasteiger partial charge in [0.25, 0.3) is 5.91 Å². The first-order valence-electron chi connectivity index (χ1n) is 12.7. The van der Waals surface area contributed by atoms with Crippen molar-refractivity contribution in [1.29, 1.82) is 0 Å². The number of ether oxygens (including phenoxy) is 2. The molecule has 1 N–H and O–H groups in total. The van der Waals surface area contributed by atoms with Crippen LogP contribution in [-0.4, -0.2) is 70.8 Å². The van der Waals surface area contributed by atoms with Crippen molar-refractivity contribution in [3.63, 3.8) is 0 Å². The highest BCUT2D eigenvalue weighted by Gasteiger charge is 2.79. The van der Waals surface area contributed by atoms with Crippen LogP contribution in [0.3, 0.4) is 0 Å². The van der Waals surface area contributed by atoms with E-state index < -0.39 is 47.0 Å². The number of hydrogen-bond acceptors (Lipinski definition) is 6. The summed E-state index contributed by atoms with van der Waals surface area (Å²) in [6, 6.07) is 5.24. The first-order valence-corrected chi connectivity index (χ1v) is 13.1. The van der Waals surface area contributed by atoms with Crippen LogP contribution in [0, 0.1) is 11.8 Å². The van der Waals surface area contributed by atoms with Crippen molar-refractivity contribution in [1.82, 2.24) is 4.90 Å². The molecular formula is C28H35ClN2O6. The largest absolute Gasteiger partial charge is 0.465 e. The van der Waals surface area contributed by atoms with Gasteiger partial charge in [0, 0.05) is 6.54 Å². The van der Waals surface area contributed by atoms with Crippen molar-refractivity contribution < 1.29 is 29.0 Å². The van der Waals surface area contributed by atoms with Crippen molar-refractivity contribution >= 4 is 35.1 Å². The topological polar surface area (TPSA) is 96.4 Å². The summed E-state index contributed by atoms with van der Waals surface area (Å²) in [5.41, 5.74) is -1.68. The molecule has 3 fully saturated rings. The molecule has 8 nitrogen and oxygen atoms in total. The summed E-state index contributed by atoms with van der Waals surface area (Å²) in [5, 5.41) is 10.4. The van der Waals surface area contributed by atoms with E-state index in [2.05, 4.69) is 13.2 Å². The van der Waals surface area contributed by atoms with Gasteiger partial charge < -0.3 is 24.4 Å². The van der Waals surface area contributed by atoms with E-state index in [0.29, 0.717) is 36.4 Å². The number of carbonyl (C=O) groups is 3. The van der Waals surface area contributed by atoms with Crippen LogP contribution in [0.15, 0.2) is 49.6 Å². The molecule has 1 spiro atoms. The van der Waals surface area contributed by atoms with Crippen LogP contribution >= 0.6 is 11.6 Å². The molecule has 1 aromatic rings. The minimum atomic E-state index is -1.22. The second-order valence-electron chi connectivity index (χ2n) is 10.3. The normalized spacial score (nSPS) is 30.6. The molecule has 37 heavy (non-hydrogen) atoms. The number of para-hydroxylation sites is 1. The Balaban J connectivity index is 1.76. The maximum absolute atomic E-state index is 14.4. The van der Waals surface area contributed by atoms with Crippen molar-refractivity contribution in [3.8, 4) is 0 Å². The van der Waals surface area contributed by atoms with Gasteiger partial charge in [-0.15, -0.1) is 13.2 Å². The summed E-state index contributed by atoms with van der Waals surface area (Å²) < 4.78 is 12.2. The number of aliphatic hydroxyl groups is 1. The zero-order valence-corrected chi connectivity index (χ0v) is 22.2. The Hall–Kier alpha value is -2.68. The second kappa shape index (κ2) is 10.6. The maximum Gasteiger partial charge on any atom is 0.312 e. The lowest BCUT2D eigenvalue weighted by atomic mass is 9.66. The molecule has 9 heteroatoms. The zero-order valence-electron chi connectivity index (χ0n) is 21.4. The van der Waals surface area contributed by atoms with E-state index >= 15 is 0 Å². The number of likely N-dealkylation sites (tertiary alicyclic amines) is 1. The number of fused-ring (bicyclic) bond motifs is 1. The highest BCUT2D eigenvalue weighted by atomic mass is 35.5. The fourth-order valence-electron chi connectivity index (χ4n) is 6.31. The van der Waals surface area contributed by atoms with Crippen LogP contribution in [0.2, 0.25) is 5.02 Å². The van der Waals surface area contributed by atoms with Gasteiger partial charge in [-0.2, -0.15) is 0 Å². The van der Waals surface area contributed by atoms with Crippen molar-refractivity contribution in [2.75, 3.05) is 24.7 Å². The number of hydrogen-bond donors (Lipinski definition) is 1. The number of rotatable bonds is 11. The van der Waals surface area contributed by atoms with Gasteiger partial charge in [0.15, 0.2) is 0 Å². The summed E-state index contributed by atoms with van der Waals surface area (Å²) >= 11 is 6.46. The van der Waals surface area contributed by atoms with Gasteiger partial charge in [0.2, 0.25) is 5.91 Å². The van der Waals surface area contributed by atoms with Gasteiger partial charge in [-0.05, 0) is 51.7 Å². The van der Waals surface area contributed by atoms with Crippen molar-refractivity contribution in [3.05, 3.63) is 54.6 Å². The molecule has 200 valence electrons. The monoisotopic (exact) mass is 530 g/mol. The van der Waals surface area contributed by atoms with E-state index in [9.17, 15) is 19.5 Å². The van der Waals surface area contributed by atoms with E-state index in [1.54, 1.807) is 43.3 Å². The molecule has 1 aromatic carbocycles. The average Bonchev–Trinajstić information content (AvgIpc) is 3.45. The highest BCUT2D eigenvalue weighted by molar-refractivity contribution is 6.34. The molecule has 4 rings (SSSR count). The Bertz CT molecular complexity index is 1090. The van der Waals surface area contributed by atoms with Gasteiger partial charge >= 0.3 is 5.97 Å². The van der Waals surface area contributed by atoms with Crippen LogP contribution in [0.25, 0.3) is 0 Å². The van der Waals surface area contributed by atoms with Gasteiger partial charge in [0.1, 0.15) is 17.6 Å². The van der Waals surface area contributed by atoms with E-state index in [-0.39, 0.29) is 25.7 Å². The smallest absolute Gasteiger partial charge is 0.312 e. The van der Waals surface area contributed by atoms with Gasteiger partial charge in [-0.1, -0.05) is 35.9 Å². The molecule has 2 unspecified atom stereocenters. The number of carbonyl (C=O) groups excluding carboxylic acids is 3. The number of allylic oxidation sites excluding steroid dienone is 1. The van der Waals surface area contributed by atoms with Crippen molar-refractivity contribution in [2.24, 2.45) is 11.8 Å². The molecule has 0 saturated carbocycles. The quantitative estimate of drug-likeness (QED) is 0.267. The Kier molecular flexibility index (Phi) is 7.83. The SMILES string of the molecule is C=CCCCOC(=O)[C@H]1[C@H]2C(=O)N([C@H](C)CO)C(C(=O)N(CC=C)c3ccccc3Cl)C23CC[C@]1(C)O3. The molecule has 3 saturated heterocycles. The highest BCUT2D eigenvalue weighted by Crippen LogP contribution is 2.63. The van der Waals surface area contributed by atoms with E-state index in [1.165, 1.54) is 9.80 Å². The number of aliphatic hydroxyl groups excluding tert-OH is 1. The molecule has 3 heterocycles. The van der Waals surface area contributed by atoms with Gasteiger partial charge in [0.05, 0.1) is 41.5 Å². The molecule has 3 aliphatic heterocycles. The summed E-state index contributed by atoms with van der Waals surface area (Å²) in [5.74, 6) is -3.01. The van der Waals surface area contributed by atoms with Crippen LogP contribution in [0.5, 0.6) is 0 Å². The Labute approximate surface area is 222 Å². The molecule has 0 aliphatic carbocycles. The number of anilines is 1. The lowest BCUT2D eigenvalue weighted by Gasteiger charge is -2.38. The fraction of sp³-hybridized carbons (Fsp3) is 0.536. The number of nitrogens with zero attached hydrogens (tertiary/aromatic N) is 2. The van der Waals surface area contributed by atoms with Gasteiger partial charge in [-0.3, -0.25) is 14.4 Å². The predicted octanol–water partition coefficient (Wildman–Crippen LogP) is 3.51. The minimum absolute atomic E-state index is 0.154. The van der Waals surface area contributed by atoms with Gasteiger partial charge in [-0.25, -0.2) is 0 Å². The fourth-order valence-corrected chi connectivity index (χ4v) is 6.55. The molecule has 0 aromatic heterocycles. The second-order valence-corrected chi connectivity index (χ2v) is 10.7. The van der Waals surface area contributed by atoms with E-state index in [0.717, 1.165) is 0 Å². The standard InChI is InChI=1S/C28H35ClN2O6/c1-5-7-10-16-36-26(35)22-21-24(33)31(18(3)17-32)23(28(21)14-13-27(22,4)37-28)25(34)30(15-6-2)20-12-9-8-11-19(20)29/h5-6,8-9,11-12,18,21-23,32H,1-2,7,10,13-17H2,3-4H3/t18-,21+,22-,23?,27+,28?/m1/s1. The van der Waals surface area contributed by atoms with Crippen LogP contribution in [-0.2, 0) is 23.9 Å². The summed E-state index contributed by atoms with van der Waals surface area (Å²) in [6.07, 6.45) is 5.61. The third-order valence-corrected chi connectivity index (χ3v) is 8.28. The first kappa shape index (κ1) is 27.4. The predicted molar refractivity (Wildman–Crippen MR) is 140 cm³/mol. The molecule has 3 aliphatic rings. The summed E-state index contributed by atoms with van der Waals surface area (Å²) in [7, 11) is 0. The number of unbranched alkanes of at least 4 members (excludes halogenated alkanes) is 1.